The Morgan fingerprint density at radius 3 is 2.35 bits per heavy atom. The number of rotatable bonds is 6. The van der Waals surface area contributed by atoms with Crippen molar-refractivity contribution >= 4 is 22.8 Å². The Labute approximate surface area is 188 Å². The lowest BCUT2D eigenvalue weighted by Gasteiger charge is -2.13. The zero-order valence-corrected chi connectivity index (χ0v) is 17.5. The molecule has 2 aromatic carbocycles. The van der Waals surface area contributed by atoms with Crippen molar-refractivity contribution in [2.75, 3.05) is 0 Å². The molecule has 0 unspecified atom stereocenters. The molecule has 1 heterocycles. The number of nitrogens with zero attached hydrogens (tertiary/aromatic N) is 3. The van der Waals surface area contributed by atoms with Crippen LogP contribution in [0, 0.1) is 10.1 Å². The minimum absolute atomic E-state index is 0.0483. The maximum Gasteiger partial charge on any atom is 0.450 e. The lowest BCUT2D eigenvalue weighted by molar-refractivity contribution is -0.383. The van der Waals surface area contributed by atoms with Gasteiger partial charge >= 0.3 is 18.4 Å². The summed E-state index contributed by atoms with van der Waals surface area (Å²) in [5.74, 6) is -2.02. The lowest BCUT2D eigenvalue weighted by Crippen LogP contribution is -2.24. The Bertz CT molecular complexity index is 1230. The number of nitro benzene ring substituents is 1. The van der Waals surface area contributed by atoms with Gasteiger partial charge in [-0.2, -0.15) is 26.3 Å². The first kappa shape index (κ1) is 25.0. The quantitative estimate of drug-likeness (QED) is 0.165. The number of fused-ring (bicyclic) bond motifs is 1. The fourth-order valence-corrected chi connectivity index (χ4v) is 3.37. The van der Waals surface area contributed by atoms with Gasteiger partial charge in [0.2, 0.25) is 5.82 Å². The third kappa shape index (κ3) is 5.13. The summed E-state index contributed by atoms with van der Waals surface area (Å²) in [6.45, 7) is 1.96. The van der Waals surface area contributed by atoms with Crippen LogP contribution in [-0.2, 0) is 18.8 Å². The SMILES string of the molecule is CCCCCc1ccccc1OC(=O)n1c(C(F)(F)F)nc2cc(C(F)(F)F)cc([N+](=O)[O-])c21. The lowest BCUT2D eigenvalue weighted by atomic mass is 10.1. The summed E-state index contributed by atoms with van der Waals surface area (Å²) in [6, 6.07) is 6.30. The zero-order valence-electron chi connectivity index (χ0n) is 17.5. The minimum atomic E-state index is -5.33. The zero-order chi connectivity index (χ0) is 25.3. The van der Waals surface area contributed by atoms with Gasteiger partial charge in [-0.05, 0) is 30.5 Å². The number of non-ortho nitro benzene ring substituents is 1. The van der Waals surface area contributed by atoms with Crippen molar-refractivity contribution in [3.63, 3.8) is 0 Å². The summed E-state index contributed by atoms with van der Waals surface area (Å²) in [5, 5.41) is 11.5. The van der Waals surface area contributed by atoms with E-state index in [0.717, 1.165) is 12.8 Å². The number of ether oxygens (including phenoxy) is 1. The molecule has 0 aliphatic carbocycles. The van der Waals surface area contributed by atoms with E-state index in [4.69, 9.17) is 4.74 Å². The predicted molar refractivity (Wildman–Crippen MR) is 107 cm³/mol. The molecule has 13 heteroatoms. The van der Waals surface area contributed by atoms with E-state index in [1.54, 1.807) is 12.1 Å². The molecule has 0 N–H and O–H groups in total. The van der Waals surface area contributed by atoms with E-state index < -0.39 is 51.5 Å². The van der Waals surface area contributed by atoms with E-state index in [1.807, 2.05) is 6.92 Å². The number of imidazole rings is 1. The number of carbonyl (C=O) groups is 1. The summed E-state index contributed by atoms with van der Waals surface area (Å²) in [6.07, 6.45) is -9.23. The van der Waals surface area contributed by atoms with Crippen LogP contribution in [0.4, 0.5) is 36.8 Å². The number of aromatic nitrogens is 2. The number of hydrogen-bond donors (Lipinski definition) is 0. The van der Waals surface area contributed by atoms with E-state index >= 15 is 0 Å². The van der Waals surface area contributed by atoms with Crippen molar-refractivity contribution in [2.45, 2.75) is 45.0 Å². The summed E-state index contributed by atoms with van der Waals surface area (Å²) in [5.41, 5.74) is -4.53. The molecule has 182 valence electrons. The topological polar surface area (TPSA) is 87.3 Å². The monoisotopic (exact) mass is 489 g/mol. The molecule has 7 nitrogen and oxygen atoms in total. The van der Waals surface area contributed by atoms with Crippen LogP contribution in [0.1, 0.15) is 43.1 Å². The second-order valence-corrected chi connectivity index (χ2v) is 7.32. The second kappa shape index (κ2) is 9.31. The molecule has 3 aromatic rings. The molecule has 0 aliphatic heterocycles. The van der Waals surface area contributed by atoms with Crippen molar-refractivity contribution < 1.29 is 40.8 Å². The molecular weight excluding hydrogens is 472 g/mol. The van der Waals surface area contributed by atoms with Crippen molar-refractivity contribution in [2.24, 2.45) is 0 Å². The highest BCUT2D eigenvalue weighted by molar-refractivity contribution is 5.94. The molecule has 0 saturated carbocycles. The van der Waals surface area contributed by atoms with Crippen LogP contribution in [0.3, 0.4) is 0 Å². The number of aryl methyl sites for hydroxylation is 1. The maximum atomic E-state index is 13.7. The van der Waals surface area contributed by atoms with Crippen LogP contribution in [-0.4, -0.2) is 20.6 Å². The van der Waals surface area contributed by atoms with Crippen LogP contribution >= 0.6 is 0 Å². The summed E-state index contributed by atoms with van der Waals surface area (Å²) >= 11 is 0. The number of para-hydroxylation sites is 1. The Morgan fingerprint density at radius 1 is 1.09 bits per heavy atom. The molecule has 0 amide bonds. The number of nitro groups is 1. The average Bonchev–Trinajstić information content (AvgIpc) is 3.14. The van der Waals surface area contributed by atoms with Gasteiger partial charge in [0.1, 0.15) is 5.75 Å². The number of carbonyl (C=O) groups excluding carboxylic acids is 1. The van der Waals surface area contributed by atoms with Crippen LogP contribution < -0.4 is 4.74 Å². The Balaban J connectivity index is 2.18. The van der Waals surface area contributed by atoms with Crippen molar-refractivity contribution in [1.29, 1.82) is 0 Å². The Hall–Kier alpha value is -3.64. The molecule has 0 spiro atoms. The molecule has 0 saturated heterocycles. The fourth-order valence-electron chi connectivity index (χ4n) is 3.37. The van der Waals surface area contributed by atoms with Crippen molar-refractivity contribution in [1.82, 2.24) is 9.55 Å². The normalized spacial score (nSPS) is 12.2. The van der Waals surface area contributed by atoms with Gasteiger partial charge in [-0.1, -0.05) is 38.0 Å². The Kier molecular flexibility index (Phi) is 6.84. The molecule has 0 aliphatic rings. The smallest absolute Gasteiger partial charge is 0.409 e. The first-order valence-corrected chi connectivity index (χ1v) is 10.00. The van der Waals surface area contributed by atoms with Gasteiger partial charge in [0.25, 0.3) is 5.69 Å². The van der Waals surface area contributed by atoms with E-state index in [2.05, 4.69) is 4.98 Å². The van der Waals surface area contributed by atoms with Crippen molar-refractivity contribution in [3.8, 4) is 5.75 Å². The predicted octanol–water partition coefficient (Wildman–Crippen LogP) is 6.76. The van der Waals surface area contributed by atoms with Gasteiger partial charge < -0.3 is 4.74 Å². The van der Waals surface area contributed by atoms with Gasteiger partial charge in [-0.25, -0.2) is 14.3 Å². The second-order valence-electron chi connectivity index (χ2n) is 7.32. The molecule has 0 bridgehead atoms. The van der Waals surface area contributed by atoms with Crippen LogP contribution in [0.25, 0.3) is 11.0 Å². The minimum Gasteiger partial charge on any atom is -0.409 e. The third-order valence-electron chi connectivity index (χ3n) is 4.91. The highest BCUT2D eigenvalue weighted by Crippen LogP contribution is 2.39. The molecule has 0 fully saturated rings. The highest BCUT2D eigenvalue weighted by Gasteiger charge is 2.43. The molecule has 3 rings (SSSR count). The van der Waals surface area contributed by atoms with Gasteiger partial charge in [0.15, 0.2) is 5.52 Å². The number of benzene rings is 2. The molecule has 34 heavy (non-hydrogen) atoms. The molecule has 1 aromatic heterocycles. The van der Waals surface area contributed by atoms with Crippen molar-refractivity contribution in [3.05, 3.63) is 63.5 Å². The molecular formula is C21H17F6N3O4. The van der Waals surface area contributed by atoms with E-state index in [1.165, 1.54) is 12.1 Å². The molecule has 0 atom stereocenters. The van der Waals surface area contributed by atoms with Gasteiger partial charge in [0.05, 0.1) is 16.0 Å². The largest absolute Gasteiger partial charge is 0.450 e. The first-order valence-electron chi connectivity index (χ1n) is 10.00. The average molecular weight is 489 g/mol. The molecule has 0 radical (unpaired) electrons. The van der Waals surface area contributed by atoms with E-state index in [-0.39, 0.29) is 22.4 Å². The third-order valence-corrected chi connectivity index (χ3v) is 4.91. The maximum absolute atomic E-state index is 13.7. The van der Waals surface area contributed by atoms with Crippen LogP contribution in [0.15, 0.2) is 36.4 Å². The van der Waals surface area contributed by atoms with Gasteiger partial charge in [-0.3, -0.25) is 10.1 Å². The number of alkyl halides is 6. The number of halogens is 6. The number of hydrogen-bond acceptors (Lipinski definition) is 5. The highest BCUT2D eigenvalue weighted by atomic mass is 19.4. The summed E-state index contributed by atoms with van der Waals surface area (Å²) in [7, 11) is 0. The van der Waals surface area contributed by atoms with E-state index in [9.17, 15) is 41.3 Å². The fraction of sp³-hybridized carbons (Fsp3) is 0.333. The van der Waals surface area contributed by atoms with E-state index in [0.29, 0.717) is 18.4 Å². The summed E-state index contributed by atoms with van der Waals surface area (Å²) < 4.78 is 85.3. The first-order chi connectivity index (χ1) is 15.8. The van der Waals surface area contributed by atoms with Gasteiger partial charge in [0, 0.05) is 6.07 Å². The summed E-state index contributed by atoms with van der Waals surface area (Å²) in [4.78, 5) is 26.1. The number of unbranched alkanes of at least 4 members (excludes halogenated alkanes) is 2. The Morgan fingerprint density at radius 2 is 1.76 bits per heavy atom. The standard InChI is InChI=1S/C21H17F6N3O4/c1-2-3-4-7-12-8-5-6-9-16(12)34-19(31)29-17-14(28-18(29)21(25,26)27)10-13(20(22,23)24)11-15(17)30(32)33/h5-6,8-11H,2-4,7H2,1H3. The van der Waals surface area contributed by atoms with Crippen LogP contribution in [0.2, 0.25) is 0 Å². The van der Waals surface area contributed by atoms with Gasteiger partial charge in [-0.15, -0.1) is 0 Å². The van der Waals surface area contributed by atoms with Crippen LogP contribution in [0.5, 0.6) is 5.75 Å².